The van der Waals surface area contributed by atoms with Gasteiger partial charge < -0.3 is 10.2 Å². The van der Waals surface area contributed by atoms with Crippen LogP contribution in [0.2, 0.25) is 0 Å². The number of nitrogens with zero attached hydrogens (tertiary/aromatic N) is 1. The maximum atomic E-state index is 12.3. The summed E-state index contributed by atoms with van der Waals surface area (Å²) in [6.07, 6.45) is 2.67. The average molecular weight is 258 g/mol. The zero-order valence-corrected chi connectivity index (χ0v) is 10.8. The lowest BCUT2D eigenvalue weighted by Crippen LogP contribution is -2.38. The third-order valence-electron chi connectivity index (χ3n) is 4.08. The van der Waals surface area contributed by atoms with E-state index in [2.05, 4.69) is 5.32 Å². The Morgan fingerprint density at radius 3 is 2.89 bits per heavy atom. The molecule has 2 saturated heterocycles. The normalized spacial score (nSPS) is 25.3. The first-order valence-corrected chi connectivity index (χ1v) is 6.87. The van der Waals surface area contributed by atoms with Gasteiger partial charge in [-0.2, -0.15) is 0 Å². The zero-order chi connectivity index (χ0) is 13.2. The van der Waals surface area contributed by atoms with E-state index in [4.69, 9.17) is 0 Å². The fourth-order valence-electron chi connectivity index (χ4n) is 3.08. The third kappa shape index (κ3) is 2.48. The third-order valence-corrected chi connectivity index (χ3v) is 4.08. The Balaban J connectivity index is 1.58. The molecule has 0 aliphatic carbocycles. The molecule has 0 saturated carbocycles. The Labute approximate surface area is 112 Å². The van der Waals surface area contributed by atoms with Crippen LogP contribution in [0.4, 0.5) is 0 Å². The van der Waals surface area contributed by atoms with E-state index in [1.54, 1.807) is 0 Å². The number of aryl methyl sites for hydroxylation is 1. The van der Waals surface area contributed by atoms with E-state index in [1.807, 2.05) is 35.2 Å². The van der Waals surface area contributed by atoms with Gasteiger partial charge in [0.15, 0.2) is 0 Å². The van der Waals surface area contributed by atoms with E-state index in [-0.39, 0.29) is 23.9 Å². The molecule has 0 spiro atoms. The molecule has 2 amide bonds. The van der Waals surface area contributed by atoms with Crippen molar-refractivity contribution >= 4 is 11.8 Å². The fraction of sp³-hybridized carbons (Fsp3) is 0.467. The van der Waals surface area contributed by atoms with Gasteiger partial charge in [0.1, 0.15) is 0 Å². The molecule has 4 nitrogen and oxygen atoms in total. The van der Waals surface area contributed by atoms with Crippen LogP contribution in [0, 0.1) is 0 Å². The molecular formula is C15H18N2O2. The van der Waals surface area contributed by atoms with Gasteiger partial charge in [0.25, 0.3) is 0 Å². The fourth-order valence-corrected chi connectivity index (χ4v) is 3.08. The summed E-state index contributed by atoms with van der Waals surface area (Å²) < 4.78 is 0. The van der Waals surface area contributed by atoms with Crippen LogP contribution in [-0.2, 0) is 16.0 Å². The van der Waals surface area contributed by atoms with E-state index >= 15 is 0 Å². The Bertz CT molecular complexity index is 486. The molecule has 0 radical (unpaired) electrons. The van der Waals surface area contributed by atoms with Gasteiger partial charge in [0.2, 0.25) is 11.8 Å². The summed E-state index contributed by atoms with van der Waals surface area (Å²) >= 11 is 0. The Morgan fingerprint density at radius 1 is 1.32 bits per heavy atom. The molecule has 0 bridgehead atoms. The highest BCUT2D eigenvalue weighted by molar-refractivity contribution is 5.83. The molecule has 2 fully saturated rings. The van der Waals surface area contributed by atoms with Crippen LogP contribution < -0.4 is 5.32 Å². The Kier molecular flexibility index (Phi) is 3.23. The van der Waals surface area contributed by atoms with Crippen molar-refractivity contribution in [2.24, 2.45) is 0 Å². The summed E-state index contributed by atoms with van der Waals surface area (Å²) in [4.78, 5) is 25.5. The molecule has 2 aliphatic rings. The van der Waals surface area contributed by atoms with Gasteiger partial charge in [-0.15, -0.1) is 0 Å². The van der Waals surface area contributed by atoms with Crippen LogP contribution >= 0.6 is 0 Å². The van der Waals surface area contributed by atoms with Crippen molar-refractivity contribution < 1.29 is 9.59 Å². The average Bonchev–Trinajstić information content (AvgIpc) is 2.96. The van der Waals surface area contributed by atoms with Crippen LogP contribution in [0.5, 0.6) is 0 Å². The topological polar surface area (TPSA) is 49.4 Å². The molecule has 3 rings (SSSR count). The first kappa shape index (κ1) is 12.2. The first-order valence-electron chi connectivity index (χ1n) is 6.87. The predicted octanol–water partition coefficient (Wildman–Crippen LogP) is 1.11. The van der Waals surface area contributed by atoms with Gasteiger partial charge in [-0.3, -0.25) is 9.59 Å². The van der Waals surface area contributed by atoms with Crippen molar-refractivity contribution in [1.29, 1.82) is 0 Å². The maximum Gasteiger partial charge on any atom is 0.223 e. The Hall–Kier alpha value is -1.84. The van der Waals surface area contributed by atoms with E-state index in [9.17, 15) is 9.59 Å². The molecule has 1 aromatic rings. The number of fused-ring (bicyclic) bond motifs is 1. The highest BCUT2D eigenvalue weighted by Gasteiger charge is 2.42. The molecule has 2 unspecified atom stereocenters. The van der Waals surface area contributed by atoms with Gasteiger partial charge in [0, 0.05) is 19.4 Å². The number of carbonyl (C=O) groups excluding carboxylic acids is 2. The molecule has 100 valence electrons. The second kappa shape index (κ2) is 5.03. The van der Waals surface area contributed by atoms with Crippen molar-refractivity contribution in [3.8, 4) is 0 Å². The number of amides is 2. The molecule has 19 heavy (non-hydrogen) atoms. The quantitative estimate of drug-likeness (QED) is 0.883. The Morgan fingerprint density at radius 2 is 2.11 bits per heavy atom. The highest BCUT2D eigenvalue weighted by atomic mass is 16.2. The standard InChI is InChI=1S/C15H18N2O2/c18-14-10-13-12(16-14)8-9-17(13)15(19)7-6-11-4-2-1-3-5-11/h1-5,12-13H,6-10H2,(H,16,18). The molecular weight excluding hydrogens is 240 g/mol. The van der Waals surface area contributed by atoms with Crippen LogP contribution in [0.3, 0.4) is 0 Å². The number of rotatable bonds is 3. The molecule has 1 aromatic carbocycles. The molecule has 1 N–H and O–H groups in total. The number of benzene rings is 1. The SMILES string of the molecule is O=C1CC2C(CCN2C(=O)CCc2ccccc2)N1. The van der Waals surface area contributed by atoms with Crippen molar-refractivity contribution in [3.63, 3.8) is 0 Å². The molecule has 2 aliphatic heterocycles. The van der Waals surface area contributed by atoms with Gasteiger partial charge in [-0.1, -0.05) is 30.3 Å². The van der Waals surface area contributed by atoms with Gasteiger partial charge in [-0.05, 0) is 18.4 Å². The number of nitrogens with one attached hydrogen (secondary N) is 1. The molecule has 2 heterocycles. The lowest BCUT2D eigenvalue weighted by Gasteiger charge is -2.22. The van der Waals surface area contributed by atoms with E-state index in [0.717, 1.165) is 19.4 Å². The molecule has 4 heteroatoms. The molecule has 0 aromatic heterocycles. The van der Waals surface area contributed by atoms with E-state index in [0.29, 0.717) is 12.8 Å². The van der Waals surface area contributed by atoms with Crippen LogP contribution in [-0.4, -0.2) is 35.3 Å². The lowest BCUT2D eigenvalue weighted by atomic mass is 10.1. The van der Waals surface area contributed by atoms with E-state index in [1.165, 1.54) is 5.56 Å². The summed E-state index contributed by atoms with van der Waals surface area (Å²) in [5.41, 5.74) is 1.19. The lowest BCUT2D eigenvalue weighted by molar-refractivity contribution is -0.132. The number of likely N-dealkylation sites (tertiary alicyclic amines) is 1. The van der Waals surface area contributed by atoms with Gasteiger partial charge in [-0.25, -0.2) is 0 Å². The molecule has 2 atom stereocenters. The largest absolute Gasteiger partial charge is 0.351 e. The number of hydrogen-bond donors (Lipinski definition) is 1. The highest BCUT2D eigenvalue weighted by Crippen LogP contribution is 2.26. The second-order valence-corrected chi connectivity index (χ2v) is 5.31. The minimum Gasteiger partial charge on any atom is -0.351 e. The summed E-state index contributed by atoms with van der Waals surface area (Å²) in [5.74, 6) is 0.253. The van der Waals surface area contributed by atoms with Crippen molar-refractivity contribution in [1.82, 2.24) is 10.2 Å². The second-order valence-electron chi connectivity index (χ2n) is 5.31. The summed E-state index contributed by atoms with van der Waals surface area (Å²) in [6, 6.07) is 10.3. The maximum absolute atomic E-state index is 12.3. The summed E-state index contributed by atoms with van der Waals surface area (Å²) in [7, 11) is 0. The summed E-state index contributed by atoms with van der Waals surface area (Å²) in [6.45, 7) is 0.781. The van der Waals surface area contributed by atoms with Crippen molar-refractivity contribution in [2.75, 3.05) is 6.54 Å². The van der Waals surface area contributed by atoms with Crippen LogP contribution in [0.1, 0.15) is 24.8 Å². The minimum atomic E-state index is 0.0792. The predicted molar refractivity (Wildman–Crippen MR) is 71.4 cm³/mol. The zero-order valence-electron chi connectivity index (χ0n) is 10.8. The van der Waals surface area contributed by atoms with Crippen LogP contribution in [0.25, 0.3) is 0 Å². The van der Waals surface area contributed by atoms with Crippen molar-refractivity contribution in [3.05, 3.63) is 35.9 Å². The van der Waals surface area contributed by atoms with Crippen LogP contribution in [0.15, 0.2) is 30.3 Å². The van der Waals surface area contributed by atoms with Crippen molar-refractivity contribution in [2.45, 2.75) is 37.8 Å². The monoisotopic (exact) mass is 258 g/mol. The van der Waals surface area contributed by atoms with Gasteiger partial charge >= 0.3 is 0 Å². The van der Waals surface area contributed by atoms with Gasteiger partial charge in [0.05, 0.1) is 12.1 Å². The first-order chi connectivity index (χ1) is 9.24. The number of hydrogen-bond acceptors (Lipinski definition) is 2. The summed E-state index contributed by atoms with van der Waals surface area (Å²) in [5, 5.41) is 2.94. The van der Waals surface area contributed by atoms with E-state index < -0.39 is 0 Å². The minimum absolute atomic E-state index is 0.0792. The smallest absolute Gasteiger partial charge is 0.223 e. The number of carbonyl (C=O) groups is 2.